The maximum Gasteiger partial charge on any atom is 0.251 e. The second-order valence-corrected chi connectivity index (χ2v) is 5.03. The van der Waals surface area contributed by atoms with Gasteiger partial charge in [-0.3, -0.25) is 4.79 Å². The van der Waals surface area contributed by atoms with Crippen LogP contribution in [0.1, 0.15) is 23.2 Å². The first-order chi connectivity index (χ1) is 9.72. The number of rotatable bonds is 3. The number of ether oxygens (including phenoxy) is 1. The summed E-state index contributed by atoms with van der Waals surface area (Å²) in [6.07, 6.45) is 1.23. The van der Waals surface area contributed by atoms with E-state index in [0.29, 0.717) is 42.7 Å². The number of carbonyl (C=O) groups excluding carboxylic acids is 1. The van der Waals surface area contributed by atoms with Crippen LogP contribution in [0.3, 0.4) is 0 Å². The van der Waals surface area contributed by atoms with Crippen molar-refractivity contribution in [2.45, 2.75) is 18.4 Å². The molecule has 0 aliphatic carbocycles. The van der Waals surface area contributed by atoms with Gasteiger partial charge in [0.1, 0.15) is 11.0 Å². The number of aliphatic hydroxyl groups is 1. The minimum atomic E-state index is -0.589. The average molecular weight is 276 g/mol. The van der Waals surface area contributed by atoms with Crippen molar-refractivity contribution in [2.75, 3.05) is 19.8 Å². The molecule has 1 aliphatic rings. The molecule has 0 unspecified atom stereocenters. The van der Waals surface area contributed by atoms with E-state index in [1.165, 1.54) is 0 Å². The van der Waals surface area contributed by atoms with Crippen LogP contribution in [0.4, 0.5) is 0 Å². The zero-order chi connectivity index (χ0) is 14.0. The van der Waals surface area contributed by atoms with Gasteiger partial charge in [-0.05, 0) is 31.0 Å². The molecule has 3 N–H and O–H groups in total. The first-order valence-corrected chi connectivity index (χ1v) is 6.54. The highest BCUT2D eigenvalue weighted by molar-refractivity contribution is 5.97. The second kappa shape index (κ2) is 5.18. The number of fused-ring (bicyclic) bond motifs is 1. The van der Waals surface area contributed by atoms with Crippen LogP contribution in [0, 0.1) is 0 Å². The van der Waals surface area contributed by atoms with Crippen LogP contribution in [0.25, 0.3) is 11.0 Å². The molecule has 1 aromatic heterocycles. The summed E-state index contributed by atoms with van der Waals surface area (Å²) in [6, 6.07) is 5.12. The maximum absolute atomic E-state index is 12.3. The number of aromatic nitrogens is 3. The monoisotopic (exact) mass is 276 g/mol. The highest BCUT2D eigenvalue weighted by Crippen LogP contribution is 2.21. The van der Waals surface area contributed by atoms with Gasteiger partial charge in [0.15, 0.2) is 0 Å². The predicted molar refractivity (Wildman–Crippen MR) is 71.2 cm³/mol. The van der Waals surface area contributed by atoms with E-state index in [1.54, 1.807) is 18.2 Å². The minimum absolute atomic E-state index is 0.0890. The Balaban J connectivity index is 1.80. The van der Waals surface area contributed by atoms with Gasteiger partial charge in [0, 0.05) is 18.8 Å². The topological polar surface area (TPSA) is 100 Å². The molecule has 1 saturated heterocycles. The van der Waals surface area contributed by atoms with Gasteiger partial charge in [-0.15, -0.1) is 0 Å². The fourth-order valence-corrected chi connectivity index (χ4v) is 2.38. The number of benzene rings is 1. The molecule has 1 aliphatic heterocycles. The summed E-state index contributed by atoms with van der Waals surface area (Å²) in [5.74, 6) is -0.217. The largest absolute Gasteiger partial charge is 0.394 e. The van der Waals surface area contributed by atoms with E-state index in [1.807, 2.05) is 0 Å². The highest BCUT2D eigenvalue weighted by atomic mass is 16.5. The normalized spacial score (nSPS) is 18.1. The molecule has 2 heterocycles. The zero-order valence-electron chi connectivity index (χ0n) is 10.9. The van der Waals surface area contributed by atoms with E-state index >= 15 is 0 Å². The molecule has 0 saturated carbocycles. The molecule has 3 rings (SSSR count). The Bertz CT molecular complexity index is 619. The third-order valence-corrected chi connectivity index (χ3v) is 3.71. The Labute approximate surface area is 115 Å². The van der Waals surface area contributed by atoms with Gasteiger partial charge in [0.25, 0.3) is 5.91 Å². The van der Waals surface area contributed by atoms with Crippen LogP contribution in [0.15, 0.2) is 18.2 Å². The summed E-state index contributed by atoms with van der Waals surface area (Å²) in [4.78, 5) is 12.3. The molecule has 1 aromatic carbocycles. The minimum Gasteiger partial charge on any atom is -0.394 e. The quantitative estimate of drug-likeness (QED) is 0.745. The molecular formula is C13H16N4O3. The fourth-order valence-electron chi connectivity index (χ4n) is 2.38. The van der Waals surface area contributed by atoms with E-state index in [9.17, 15) is 9.90 Å². The Kier molecular flexibility index (Phi) is 3.37. The number of amides is 1. The van der Waals surface area contributed by atoms with E-state index in [4.69, 9.17) is 4.74 Å². The van der Waals surface area contributed by atoms with Crippen molar-refractivity contribution < 1.29 is 14.6 Å². The molecule has 7 heteroatoms. The SMILES string of the molecule is O=C(NC1(CO)CCOCC1)c1ccc2n[nH]nc2c1. The van der Waals surface area contributed by atoms with Gasteiger partial charge >= 0.3 is 0 Å². The Morgan fingerprint density at radius 1 is 1.35 bits per heavy atom. The number of nitrogens with one attached hydrogen (secondary N) is 2. The molecular weight excluding hydrogens is 260 g/mol. The van der Waals surface area contributed by atoms with Crippen molar-refractivity contribution in [1.29, 1.82) is 0 Å². The van der Waals surface area contributed by atoms with Crippen molar-refractivity contribution in [3.63, 3.8) is 0 Å². The van der Waals surface area contributed by atoms with E-state index in [0.717, 1.165) is 0 Å². The van der Waals surface area contributed by atoms with Crippen LogP contribution in [0.5, 0.6) is 0 Å². The second-order valence-electron chi connectivity index (χ2n) is 5.03. The molecule has 20 heavy (non-hydrogen) atoms. The summed E-state index contributed by atoms with van der Waals surface area (Å²) in [6.45, 7) is 1.00. The van der Waals surface area contributed by atoms with Crippen LogP contribution in [-0.2, 0) is 4.74 Å². The number of aliphatic hydroxyl groups excluding tert-OH is 1. The first-order valence-electron chi connectivity index (χ1n) is 6.54. The Morgan fingerprint density at radius 3 is 2.85 bits per heavy atom. The van der Waals surface area contributed by atoms with Crippen molar-refractivity contribution >= 4 is 16.9 Å². The molecule has 106 valence electrons. The van der Waals surface area contributed by atoms with Gasteiger partial charge in [-0.1, -0.05) is 0 Å². The van der Waals surface area contributed by atoms with Gasteiger partial charge in [0.2, 0.25) is 0 Å². The molecule has 1 amide bonds. The number of nitrogens with zero attached hydrogens (tertiary/aromatic N) is 2. The number of aromatic amines is 1. The molecule has 2 aromatic rings. The third kappa shape index (κ3) is 2.37. The molecule has 0 atom stereocenters. The van der Waals surface area contributed by atoms with Crippen LogP contribution in [0.2, 0.25) is 0 Å². The first kappa shape index (κ1) is 13.0. The lowest BCUT2D eigenvalue weighted by Crippen LogP contribution is -2.54. The lowest BCUT2D eigenvalue weighted by Gasteiger charge is -2.36. The molecule has 0 radical (unpaired) electrons. The van der Waals surface area contributed by atoms with Crippen molar-refractivity contribution in [2.24, 2.45) is 0 Å². The standard InChI is InChI=1S/C13H16N4O3/c18-8-13(3-5-20-6-4-13)14-12(19)9-1-2-10-11(7-9)16-17-15-10/h1-2,7,18H,3-6,8H2,(H,14,19)(H,15,16,17). The number of carbonyl (C=O) groups is 1. The summed E-state index contributed by atoms with van der Waals surface area (Å²) >= 11 is 0. The molecule has 0 spiro atoms. The summed E-state index contributed by atoms with van der Waals surface area (Å²) < 4.78 is 5.28. The summed E-state index contributed by atoms with van der Waals surface area (Å²) in [5.41, 5.74) is 1.27. The number of H-pyrrole nitrogens is 1. The highest BCUT2D eigenvalue weighted by Gasteiger charge is 2.33. The summed E-state index contributed by atoms with van der Waals surface area (Å²) in [5, 5.41) is 22.9. The fraction of sp³-hybridized carbons (Fsp3) is 0.462. The third-order valence-electron chi connectivity index (χ3n) is 3.71. The van der Waals surface area contributed by atoms with E-state index < -0.39 is 5.54 Å². The van der Waals surface area contributed by atoms with Gasteiger partial charge in [0.05, 0.1) is 12.1 Å². The van der Waals surface area contributed by atoms with Crippen LogP contribution in [-0.4, -0.2) is 51.8 Å². The van der Waals surface area contributed by atoms with Gasteiger partial charge < -0.3 is 15.2 Å². The Hall–Kier alpha value is -1.99. The lowest BCUT2D eigenvalue weighted by molar-refractivity contribution is 0.0125. The van der Waals surface area contributed by atoms with E-state index in [2.05, 4.69) is 20.7 Å². The molecule has 7 nitrogen and oxygen atoms in total. The predicted octanol–water partition coefficient (Wildman–Crippen LogP) is 0.229. The number of hydrogen-bond donors (Lipinski definition) is 3. The van der Waals surface area contributed by atoms with Crippen molar-refractivity contribution in [3.05, 3.63) is 23.8 Å². The average Bonchev–Trinajstić information content (AvgIpc) is 2.95. The molecule has 1 fully saturated rings. The number of hydrogen-bond acceptors (Lipinski definition) is 5. The van der Waals surface area contributed by atoms with Crippen molar-refractivity contribution in [3.8, 4) is 0 Å². The maximum atomic E-state index is 12.3. The van der Waals surface area contributed by atoms with Crippen LogP contribution < -0.4 is 5.32 Å². The van der Waals surface area contributed by atoms with E-state index in [-0.39, 0.29) is 12.5 Å². The van der Waals surface area contributed by atoms with Crippen LogP contribution >= 0.6 is 0 Å². The molecule has 0 bridgehead atoms. The Morgan fingerprint density at radius 2 is 2.10 bits per heavy atom. The van der Waals surface area contributed by atoms with Crippen molar-refractivity contribution in [1.82, 2.24) is 20.7 Å². The smallest absolute Gasteiger partial charge is 0.251 e. The van der Waals surface area contributed by atoms with Gasteiger partial charge in [-0.2, -0.15) is 15.4 Å². The lowest BCUT2D eigenvalue weighted by atomic mass is 9.90. The summed E-state index contributed by atoms with van der Waals surface area (Å²) in [7, 11) is 0. The van der Waals surface area contributed by atoms with Gasteiger partial charge in [-0.25, -0.2) is 0 Å². The zero-order valence-corrected chi connectivity index (χ0v) is 10.9.